The number of halogens is 3. The van der Waals surface area contributed by atoms with Gasteiger partial charge in [-0.3, -0.25) is 14.6 Å². The van der Waals surface area contributed by atoms with E-state index in [1.54, 1.807) is 13.8 Å². The maximum Gasteiger partial charge on any atom is 0.422 e. The van der Waals surface area contributed by atoms with E-state index in [-0.39, 0.29) is 29.6 Å². The van der Waals surface area contributed by atoms with Crippen molar-refractivity contribution in [3.63, 3.8) is 0 Å². The van der Waals surface area contributed by atoms with Crippen LogP contribution < -0.4 is 15.4 Å². The predicted octanol–water partition coefficient (Wildman–Crippen LogP) is 2.41. The molecule has 2 rings (SSSR count). The summed E-state index contributed by atoms with van der Waals surface area (Å²) in [6.45, 7) is 2.56. The number of carbonyl (C=O) groups excluding carboxylic acids is 2. The highest BCUT2D eigenvalue weighted by Gasteiger charge is 2.28. The van der Waals surface area contributed by atoms with Crippen LogP contribution in [0.25, 0.3) is 0 Å². The number of aryl methyl sites for hydroxylation is 1. The molecule has 0 aliphatic rings. The fraction of sp³-hybridized carbons (Fsp3) is 0.333. The normalized spacial score (nSPS) is 11.0. The number of alkyl halides is 3. The van der Waals surface area contributed by atoms with E-state index >= 15 is 0 Å². The summed E-state index contributed by atoms with van der Waals surface area (Å²) in [5.74, 6) is -0.956. The Labute approximate surface area is 159 Å². The number of carbonyl (C=O) groups is 2. The number of rotatable bonds is 7. The minimum Gasteiger partial charge on any atom is -0.468 e. The van der Waals surface area contributed by atoms with Crippen LogP contribution in [0.15, 0.2) is 30.6 Å². The Morgan fingerprint density at radius 1 is 1.14 bits per heavy atom. The highest BCUT2D eigenvalue weighted by Crippen LogP contribution is 2.19. The molecule has 0 aliphatic carbocycles. The van der Waals surface area contributed by atoms with Gasteiger partial charge in [-0.2, -0.15) is 13.2 Å². The van der Waals surface area contributed by atoms with Crippen molar-refractivity contribution in [1.29, 1.82) is 0 Å². The van der Waals surface area contributed by atoms with Crippen LogP contribution in [0.4, 0.5) is 13.2 Å². The molecule has 0 unspecified atom stereocenters. The third kappa shape index (κ3) is 6.22. The van der Waals surface area contributed by atoms with Gasteiger partial charge in [-0.05, 0) is 37.1 Å². The number of ether oxygens (including phenoxy) is 1. The second-order valence-corrected chi connectivity index (χ2v) is 5.82. The molecule has 7 nitrogen and oxygen atoms in total. The molecule has 0 aliphatic heterocycles. The first-order chi connectivity index (χ1) is 13.2. The van der Waals surface area contributed by atoms with E-state index in [0.717, 1.165) is 0 Å². The van der Waals surface area contributed by atoms with Gasteiger partial charge in [-0.1, -0.05) is 0 Å². The molecular formula is C18H19F3N4O3. The minimum atomic E-state index is -4.44. The van der Waals surface area contributed by atoms with E-state index in [0.29, 0.717) is 17.7 Å². The molecule has 2 N–H and O–H groups in total. The summed E-state index contributed by atoms with van der Waals surface area (Å²) in [7, 11) is 0. The van der Waals surface area contributed by atoms with Crippen molar-refractivity contribution in [2.24, 2.45) is 0 Å². The van der Waals surface area contributed by atoms with Crippen molar-refractivity contribution in [3.05, 3.63) is 53.0 Å². The van der Waals surface area contributed by atoms with E-state index in [1.165, 1.54) is 30.6 Å². The fourth-order valence-electron chi connectivity index (χ4n) is 2.20. The standard InChI is InChI=1S/C18H19F3N4O3/c1-3-22-17(27)14-7-12(4-5-23-14)16(26)25-9-13-8-24-15(6-11(13)2)28-10-18(19,20)21/h4-8H,3,9-10H2,1-2H3,(H,22,27)(H,25,26). The lowest BCUT2D eigenvalue weighted by molar-refractivity contribution is -0.154. The predicted molar refractivity (Wildman–Crippen MR) is 93.9 cm³/mol. The maximum atomic E-state index is 12.3. The van der Waals surface area contributed by atoms with Crippen LogP contribution >= 0.6 is 0 Å². The average Bonchev–Trinajstić information content (AvgIpc) is 2.65. The van der Waals surface area contributed by atoms with Gasteiger partial charge in [0, 0.05) is 37.1 Å². The Bertz CT molecular complexity index is 856. The van der Waals surface area contributed by atoms with Gasteiger partial charge in [0.05, 0.1) is 0 Å². The summed E-state index contributed by atoms with van der Waals surface area (Å²) in [4.78, 5) is 31.8. The van der Waals surface area contributed by atoms with E-state index < -0.39 is 18.7 Å². The molecular weight excluding hydrogens is 377 g/mol. The molecule has 28 heavy (non-hydrogen) atoms. The Kier molecular flexibility index (Phi) is 6.91. The van der Waals surface area contributed by atoms with Crippen LogP contribution in [0.2, 0.25) is 0 Å². The quantitative estimate of drug-likeness (QED) is 0.750. The van der Waals surface area contributed by atoms with E-state index in [4.69, 9.17) is 0 Å². The monoisotopic (exact) mass is 396 g/mol. The SMILES string of the molecule is CCNC(=O)c1cc(C(=O)NCc2cnc(OCC(F)(F)F)cc2C)ccn1. The molecule has 0 bridgehead atoms. The number of hydrogen-bond donors (Lipinski definition) is 2. The molecule has 0 aromatic carbocycles. The molecule has 2 aromatic rings. The highest BCUT2D eigenvalue weighted by atomic mass is 19.4. The Morgan fingerprint density at radius 2 is 1.89 bits per heavy atom. The van der Waals surface area contributed by atoms with Gasteiger partial charge in [0.15, 0.2) is 6.61 Å². The molecule has 2 aromatic heterocycles. The molecule has 150 valence electrons. The summed E-state index contributed by atoms with van der Waals surface area (Å²) in [6.07, 6.45) is -1.74. The van der Waals surface area contributed by atoms with Gasteiger partial charge in [-0.15, -0.1) is 0 Å². The number of pyridine rings is 2. The second-order valence-electron chi connectivity index (χ2n) is 5.82. The van der Waals surface area contributed by atoms with Crippen molar-refractivity contribution >= 4 is 11.8 Å². The van der Waals surface area contributed by atoms with Crippen molar-refractivity contribution in [2.75, 3.05) is 13.2 Å². The lowest BCUT2D eigenvalue weighted by atomic mass is 10.1. The van der Waals surface area contributed by atoms with Crippen molar-refractivity contribution in [1.82, 2.24) is 20.6 Å². The number of nitrogens with zero attached hydrogens (tertiary/aromatic N) is 2. The fourth-order valence-corrected chi connectivity index (χ4v) is 2.20. The van der Waals surface area contributed by atoms with Gasteiger partial charge >= 0.3 is 6.18 Å². The topological polar surface area (TPSA) is 93.2 Å². The number of hydrogen-bond acceptors (Lipinski definition) is 5. The molecule has 0 fully saturated rings. The third-order valence-corrected chi connectivity index (χ3v) is 3.61. The zero-order chi connectivity index (χ0) is 20.7. The van der Waals surface area contributed by atoms with Crippen LogP contribution in [0, 0.1) is 6.92 Å². The first-order valence-corrected chi connectivity index (χ1v) is 8.37. The smallest absolute Gasteiger partial charge is 0.422 e. The summed E-state index contributed by atoms with van der Waals surface area (Å²) >= 11 is 0. The zero-order valence-electron chi connectivity index (χ0n) is 15.3. The van der Waals surface area contributed by atoms with Gasteiger partial charge in [0.25, 0.3) is 11.8 Å². The molecule has 2 heterocycles. The van der Waals surface area contributed by atoms with E-state index in [2.05, 4.69) is 25.3 Å². The minimum absolute atomic E-state index is 0.107. The van der Waals surface area contributed by atoms with Gasteiger partial charge < -0.3 is 15.4 Å². The first-order valence-electron chi connectivity index (χ1n) is 8.37. The Hall–Kier alpha value is -3.17. The van der Waals surface area contributed by atoms with Gasteiger partial charge in [0.2, 0.25) is 5.88 Å². The maximum absolute atomic E-state index is 12.3. The molecule has 10 heteroatoms. The van der Waals surface area contributed by atoms with E-state index in [1.807, 2.05) is 0 Å². The van der Waals surface area contributed by atoms with Crippen LogP contribution in [-0.4, -0.2) is 41.1 Å². The zero-order valence-corrected chi connectivity index (χ0v) is 15.3. The van der Waals surface area contributed by atoms with Gasteiger partial charge in [0.1, 0.15) is 5.69 Å². The summed E-state index contributed by atoms with van der Waals surface area (Å²) < 4.78 is 41.1. The molecule has 0 spiro atoms. The largest absolute Gasteiger partial charge is 0.468 e. The number of amides is 2. The van der Waals surface area contributed by atoms with Crippen LogP contribution in [0.3, 0.4) is 0 Å². The van der Waals surface area contributed by atoms with Crippen molar-refractivity contribution in [2.45, 2.75) is 26.6 Å². The van der Waals surface area contributed by atoms with Gasteiger partial charge in [-0.25, -0.2) is 4.98 Å². The Balaban J connectivity index is 1.99. The van der Waals surface area contributed by atoms with Crippen molar-refractivity contribution < 1.29 is 27.5 Å². The number of nitrogens with one attached hydrogen (secondary N) is 2. The molecule has 0 atom stereocenters. The van der Waals surface area contributed by atoms with Crippen LogP contribution in [0.5, 0.6) is 5.88 Å². The molecule has 0 saturated heterocycles. The molecule has 2 amide bonds. The van der Waals surface area contributed by atoms with E-state index in [9.17, 15) is 22.8 Å². The molecule has 0 saturated carbocycles. The summed E-state index contributed by atoms with van der Waals surface area (Å²) in [5, 5.41) is 5.27. The Morgan fingerprint density at radius 3 is 2.54 bits per heavy atom. The summed E-state index contributed by atoms with van der Waals surface area (Å²) in [6, 6.07) is 4.21. The highest BCUT2D eigenvalue weighted by molar-refractivity contribution is 5.98. The van der Waals surface area contributed by atoms with Crippen LogP contribution in [0.1, 0.15) is 38.9 Å². The first kappa shape index (κ1) is 21.1. The third-order valence-electron chi connectivity index (χ3n) is 3.61. The van der Waals surface area contributed by atoms with Crippen LogP contribution in [-0.2, 0) is 6.54 Å². The second kappa shape index (κ2) is 9.16. The molecule has 0 radical (unpaired) electrons. The lowest BCUT2D eigenvalue weighted by Crippen LogP contribution is -2.26. The lowest BCUT2D eigenvalue weighted by Gasteiger charge is -2.11. The summed E-state index contributed by atoms with van der Waals surface area (Å²) in [5.41, 5.74) is 1.61. The number of aromatic nitrogens is 2. The van der Waals surface area contributed by atoms with Crippen molar-refractivity contribution in [3.8, 4) is 5.88 Å². The average molecular weight is 396 g/mol.